The molecule has 0 heterocycles. The molecule has 0 fully saturated rings. The van der Waals surface area contributed by atoms with Crippen molar-refractivity contribution in [3.8, 4) is 5.75 Å². The highest BCUT2D eigenvalue weighted by atomic mass is 35.5. The molecule has 0 aliphatic carbocycles. The number of rotatable bonds is 11. The van der Waals surface area contributed by atoms with E-state index in [1.54, 1.807) is 6.07 Å². The molecule has 39 heavy (non-hydrogen) atoms. The minimum absolute atomic E-state index is 0.103. The number of ether oxygens (including phenoxy) is 2. The molecule has 0 spiro atoms. The Morgan fingerprint density at radius 2 is 1.44 bits per heavy atom. The summed E-state index contributed by atoms with van der Waals surface area (Å²) in [5, 5.41) is 15.4. The van der Waals surface area contributed by atoms with Crippen LogP contribution in [0.4, 0.5) is 0 Å². The summed E-state index contributed by atoms with van der Waals surface area (Å²) in [5.74, 6) is 0.559. The number of aryl methyl sites for hydroxylation is 2. The van der Waals surface area contributed by atoms with Gasteiger partial charge in [-0.2, -0.15) is 0 Å². The van der Waals surface area contributed by atoms with E-state index in [2.05, 4.69) is 12.2 Å². The van der Waals surface area contributed by atoms with Crippen molar-refractivity contribution >= 4 is 17.5 Å². The maximum atomic E-state index is 12.4. The Kier molecular flexibility index (Phi) is 9.41. The van der Waals surface area contributed by atoms with E-state index in [0.29, 0.717) is 53.8 Å². The topological polar surface area (TPSA) is 67.8 Å². The summed E-state index contributed by atoms with van der Waals surface area (Å²) in [6.07, 6.45) is 0. The van der Waals surface area contributed by atoms with Crippen molar-refractivity contribution in [2.24, 2.45) is 0 Å². The molecule has 1 atom stereocenters. The Morgan fingerprint density at radius 1 is 0.821 bits per heavy atom. The molecular formula is C33H34ClNO4. The zero-order valence-electron chi connectivity index (χ0n) is 22.5. The van der Waals surface area contributed by atoms with E-state index in [0.717, 1.165) is 16.7 Å². The van der Waals surface area contributed by atoms with Crippen LogP contribution in [0.25, 0.3) is 0 Å². The predicted octanol–water partition coefficient (Wildman–Crippen LogP) is 6.37. The minimum Gasteiger partial charge on any atom is -0.491 e. The average Bonchev–Trinajstić information content (AvgIpc) is 2.95. The number of amides is 1. The summed E-state index contributed by atoms with van der Waals surface area (Å²) in [6.45, 7) is 7.63. The third-order valence-corrected chi connectivity index (χ3v) is 7.27. The van der Waals surface area contributed by atoms with Crippen molar-refractivity contribution in [3.63, 3.8) is 0 Å². The normalized spacial score (nSPS) is 12.5. The van der Waals surface area contributed by atoms with E-state index in [-0.39, 0.29) is 5.91 Å². The molecule has 4 aromatic rings. The van der Waals surface area contributed by atoms with Gasteiger partial charge in [0.15, 0.2) is 0 Å². The van der Waals surface area contributed by atoms with E-state index in [1.807, 2.05) is 98.8 Å². The second kappa shape index (κ2) is 12.9. The van der Waals surface area contributed by atoms with Crippen LogP contribution in [0.2, 0.25) is 5.02 Å². The van der Waals surface area contributed by atoms with Crippen molar-refractivity contribution < 1.29 is 19.4 Å². The molecule has 5 nitrogen and oxygen atoms in total. The summed E-state index contributed by atoms with van der Waals surface area (Å²) in [4.78, 5) is 12.4. The number of hydrogen-bond donors (Lipinski definition) is 2. The zero-order chi connectivity index (χ0) is 27.8. The van der Waals surface area contributed by atoms with Gasteiger partial charge in [-0.15, -0.1) is 0 Å². The van der Waals surface area contributed by atoms with Crippen molar-refractivity contribution in [1.29, 1.82) is 0 Å². The van der Waals surface area contributed by atoms with Crippen molar-refractivity contribution in [1.82, 2.24) is 5.32 Å². The van der Waals surface area contributed by atoms with Gasteiger partial charge in [-0.05, 0) is 78.9 Å². The van der Waals surface area contributed by atoms with Crippen LogP contribution in [-0.4, -0.2) is 37.4 Å². The minimum atomic E-state index is -1.42. The number of carbonyl (C=O) groups is 1. The van der Waals surface area contributed by atoms with Crippen LogP contribution < -0.4 is 10.1 Å². The van der Waals surface area contributed by atoms with Gasteiger partial charge in [0.05, 0.1) is 13.2 Å². The second-order valence-electron chi connectivity index (χ2n) is 9.53. The maximum absolute atomic E-state index is 12.4. The summed E-state index contributed by atoms with van der Waals surface area (Å²) in [7, 11) is 0. The Hall–Kier alpha value is -3.64. The third kappa shape index (κ3) is 6.69. The number of carbonyl (C=O) groups excluding carboxylic acids is 1. The molecule has 0 radical (unpaired) electrons. The zero-order valence-corrected chi connectivity index (χ0v) is 23.3. The van der Waals surface area contributed by atoms with Gasteiger partial charge in [-0.3, -0.25) is 4.79 Å². The van der Waals surface area contributed by atoms with Crippen LogP contribution in [0.1, 0.15) is 43.7 Å². The molecule has 4 rings (SSSR count). The van der Waals surface area contributed by atoms with Crippen molar-refractivity contribution in [2.75, 3.05) is 26.4 Å². The van der Waals surface area contributed by atoms with Crippen molar-refractivity contribution in [3.05, 3.63) is 135 Å². The fourth-order valence-electron chi connectivity index (χ4n) is 4.53. The van der Waals surface area contributed by atoms with Crippen molar-refractivity contribution in [2.45, 2.75) is 26.4 Å². The molecule has 0 saturated heterocycles. The maximum Gasteiger partial charge on any atom is 0.251 e. The second-order valence-corrected chi connectivity index (χ2v) is 9.94. The lowest BCUT2D eigenvalue weighted by atomic mass is 9.80. The SMILES string of the molecule is Cc1cc(C(=O)NCCOCCOc2ccc(C(O)(c3ccccc3)c3ccccc3Cl)cc2)cc(C)c1C. The fourth-order valence-corrected chi connectivity index (χ4v) is 4.80. The first kappa shape index (κ1) is 28.4. The van der Waals surface area contributed by atoms with E-state index >= 15 is 0 Å². The van der Waals surface area contributed by atoms with Gasteiger partial charge < -0.3 is 19.9 Å². The molecule has 0 aliphatic heterocycles. The number of nitrogens with one attached hydrogen (secondary N) is 1. The van der Waals surface area contributed by atoms with E-state index in [1.165, 1.54) is 5.56 Å². The smallest absolute Gasteiger partial charge is 0.251 e. The first-order valence-electron chi connectivity index (χ1n) is 13.0. The molecule has 0 bridgehead atoms. The lowest BCUT2D eigenvalue weighted by Gasteiger charge is -2.31. The highest BCUT2D eigenvalue weighted by molar-refractivity contribution is 6.31. The van der Waals surface area contributed by atoms with Crippen LogP contribution in [0.3, 0.4) is 0 Å². The monoisotopic (exact) mass is 543 g/mol. The number of aliphatic hydroxyl groups is 1. The van der Waals surface area contributed by atoms with Crippen LogP contribution in [-0.2, 0) is 10.3 Å². The molecule has 6 heteroatoms. The van der Waals surface area contributed by atoms with Gasteiger partial charge in [0.25, 0.3) is 5.91 Å². The Labute approximate surface area is 235 Å². The summed E-state index contributed by atoms with van der Waals surface area (Å²) in [5.41, 5.74) is 4.68. The van der Waals surface area contributed by atoms with Crippen LogP contribution >= 0.6 is 11.6 Å². The number of halogens is 1. The first-order chi connectivity index (χ1) is 18.8. The van der Waals surface area contributed by atoms with Crippen LogP contribution in [0.15, 0.2) is 91.0 Å². The molecule has 1 unspecified atom stereocenters. The highest BCUT2D eigenvalue weighted by Crippen LogP contribution is 2.40. The molecule has 202 valence electrons. The molecule has 2 N–H and O–H groups in total. The van der Waals surface area contributed by atoms with Gasteiger partial charge in [-0.25, -0.2) is 0 Å². The Bertz CT molecular complexity index is 1380. The van der Waals surface area contributed by atoms with Crippen LogP contribution in [0.5, 0.6) is 5.75 Å². The summed E-state index contributed by atoms with van der Waals surface area (Å²) >= 11 is 6.51. The van der Waals surface area contributed by atoms with E-state index in [9.17, 15) is 9.90 Å². The largest absolute Gasteiger partial charge is 0.491 e. The molecule has 4 aromatic carbocycles. The molecular weight excluding hydrogens is 510 g/mol. The molecule has 1 amide bonds. The average molecular weight is 544 g/mol. The molecule has 0 aliphatic rings. The molecule has 0 aromatic heterocycles. The van der Waals surface area contributed by atoms with Crippen LogP contribution in [0, 0.1) is 20.8 Å². The van der Waals surface area contributed by atoms with Gasteiger partial charge in [0.2, 0.25) is 0 Å². The Morgan fingerprint density at radius 3 is 2.10 bits per heavy atom. The molecule has 0 saturated carbocycles. The predicted molar refractivity (Wildman–Crippen MR) is 156 cm³/mol. The standard InChI is InChI=1S/C33H34ClNO4/c1-23-21-26(22-24(2)25(23)3)32(36)35-17-18-38-19-20-39-29-15-13-28(14-16-29)33(37,27-9-5-4-6-10-27)30-11-7-8-12-31(30)34/h4-16,21-22,37H,17-20H2,1-3H3,(H,35,36). The fraction of sp³-hybridized carbons (Fsp3) is 0.242. The first-order valence-corrected chi connectivity index (χ1v) is 13.4. The van der Waals surface area contributed by atoms with Gasteiger partial charge in [-0.1, -0.05) is 72.3 Å². The lowest BCUT2D eigenvalue weighted by molar-refractivity contribution is 0.0866. The summed E-state index contributed by atoms with van der Waals surface area (Å²) in [6, 6.07) is 27.9. The Balaban J connectivity index is 1.28. The van der Waals surface area contributed by atoms with Gasteiger partial charge in [0.1, 0.15) is 18.0 Å². The lowest BCUT2D eigenvalue weighted by Crippen LogP contribution is -2.29. The number of hydrogen-bond acceptors (Lipinski definition) is 4. The number of benzene rings is 4. The van der Waals surface area contributed by atoms with Gasteiger partial charge >= 0.3 is 0 Å². The van der Waals surface area contributed by atoms with E-state index < -0.39 is 5.60 Å². The van der Waals surface area contributed by atoms with Gasteiger partial charge in [0, 0.05) is 22.7 Å². The third-order valence-electron chi connectivity index (χ3n) is 6.94. The van der Waals surface area contributed by atoms with E-state index in [4.69, 9.17) is 21.1 Å². The summed E-state index contributed by atoms with van der Waals surface area (Å²) < 4.78 is 11.4. The highest BCUT2D eigenvalue weighted by Gasteiger charge is 2.35. The quantitative estimate of drug-likeness (QED) is 0.170.